The van der Waals surface area contributed by atoms with Crippen molar-refractivity contribution in [1.29, 1.82) is 0 Å². The summed E-state index contributed by atoms with van der Waals surface area (Å²) >= 11 is 0. The molecule has 29 heavy (non-hydrogen) atoms. The Morgan fingerprint density at radius 1 is 0.931 bits per heavy atom. The highest BCUT2D eigenvalue weighted by Gasteiger charge is 2.36. The van der Waals surface area contributed by atoms with Crippen LogP contribution in [0.2, 0.25) is 0 Å². The molecule has 5 rings (SSSR count). The largest absolute Gasteiger partial charge is 1.00 e. The van der Waals surface area contributed by atoms with Crippen LogP contribution in [0.1, 0.15) is 37.7 Å². The van der Waals surface area contributed by atoms with E-state index in [1.165, 1.54) is 0 Å². The van der Waals surface area contributed by atoms with Crippen molar-refractivity contribution in [3.63, 3.8) is 0 Å². The van der Waals surface area contributed by atoms with E-state index in [0.29, 0.717) is 28.9 Å². The van der Waals surface area contributed by atoms with Gasteiger partial charge in [-0.3, -0.25) is 19.6 Å². The van der Waals surface area contributed by atoms with Crippen LogP contribution in [-0.2, 0) is 6.54 Å². The van der Waals surface area contributed by atoms with Gasteiger partial charge in [-0.1, -0.05) is 29.4 Å². The Hall–Kier alpha value is -3.52. The average Bonchev–Trinajstić information content (AvgIpc) is 3.19. The molecule has 3 heterocycles. The minimum absolute atomic E-state index is 0. The molecule has 0 unspecified atom stereocenters. The molecule has 8 heteroatoms. The highest BCUT2D eigenvalue weighted by Crippen LogP contribution is 2.33. The van der Waals surface area contributed by atoms with Gasteiger partial charge >= 0.3 is 0 Å². The molecule has 1 aliphatic rings. The van der Waals surface area contributed by atoms with Gasteiger partial charge in [0.2, 0.25) is 11.5 Å². The van der Waals surface area contributed by atoms with Crippen LogP contribution in [0.4, 0.5) is 0 Å². The van der Waals surface area contributed by atoms with Gasteiger partial charge in [0.15, 0.2) is 24.7 Å². The van der Waals surface area contributed by atoms with Gasteiger partial charge in [0.1, 0.15) is 17.0 Å². The van der Waals surface area contributed by atoms with Crippen LogP contribution in [0, 0.1) is 0 Å². The first-order valence-corrected chi connectivity index (χ1v) is 8.65. The molecule has 0 amide bonds. The Morgan fingerprint density at radius 2 is 1.66 bits per heavy atom. The Morgan fingerprint density at radius 3 is 2.34 bits per heavy atom. The first-order chi connectivity index (χ1) is 13.7. The second-order valence-electron chi connectivity index (χ2n) is 6.40. The molecule has 0 bridgehead atoms. The van der Waals surface area contributed by atoms with E-state index in [-0.39, 0.29) is 39.9 Å². The highest BCUT2D eigenvalue weighted by molar-refractivity contribution is 6.29. The van der Waals surface area contributed by atoms with Crippen LogP contribution in [0.15, 0.2) is 71.9 Å². The lowest BCUT2D eigenvalue weighted by molar-refractivity contribution is -0.688. The third-order valence-electron chi connectivity index (χ3n) is 4.67. The van der Waals surface area contributed by atoms with Crippen LogP contribution < -0.4 is 21.5 Å². The Balaban J connectivity index is 0.00000205. The molecule has 0 aliphatic heterocycles. The fraction of sp³-hybridized carbons (Fsp3) is 0.0476. The molecule has 4 aromatic rings. The van der Waals surface area contributed by atoms with Crippen molar-refractivity contribution in [2.45, 2.75) is 6.54 Å². The van der Waals surface area contributed by atoms with Crippen LogP contribution in [0.5, 0.6) is 0 Å². The van der Waals surface area contributed by atoms with Gasteiger partial charge in [0, 0.05) is 41.2 Å². The maximum absolute atomic E-state index is 12.9. The van der Waals surface area contributed by atoms with Gasteiger partial charge in [-0.15, -0.1) is 0 Å². The lowest BCUT2D eigenvalue weighted by atomic mass is 9.86. The van der Waals surface area contributed by atoms with E-state index in [4.69, 9.17) is 4.52 Å². The van der Waals surface area contributed by atoms with E-state index < -0.39 is 0 Å². The highest BCUT2D eigenvalue weighted by atomic mass is 79.9. The van der Waals surface area contributed by atoms with E-state index in [1.807, 2.05) is 29.1 Å². The summed E-state index contributed by atoms with van der Waals surface area (Å²) in [5.74, 6) is -0.578. The topological polar surface area (TPSA) is 89.8 Å². The monoisotopic (exact) mass is 448 g/mol. The average molecular weight is 449 g/mol. The van der Waals surface area contributed by atoms with E-state index >= 15 is 0 Å². The molecule has 3 aromatic heterocycles. The standard InChI is InChI=1S/C21H13N4O3.BrH/c26-19-15-3-1-2-4-16(15)20(27)21-17(19)18(24-28-21)13-5-9-25(10-6-13)12-14-11-22-7-8-23-14;/h1-11H,12H2;1H/q+1;/p-1. The zero-order valence-corrected chi connectivity index (χ0v) is 16.5. The Labute approximate surface area is 175 Å². The molecule has 0 spiro atoms. The number of rotatable bonds is 3. The van der Waals surface area contributed by atoms with Gasteiger partial charge in [-0.25, -0.2) is 0 Å². The molecule has 0 N–H and O–H groups in total. The summed E-state index contributed by atoms with van der Waals surface area (Å²) in [7, 11) is 0. The minimum atomic E-state index is -0.322. The first-order valence-electron chi connectivity index (χ1n) is 8.65. The van der Waals surface area contributed by atoms with Crippen molar-refractivity contribution in [1.82, 2.24) is 15.1 Å². The maximum Gasteiger partial charge on any atom is 0.232 e. The summed E-state index contributed by atoms with van der Waals surface area (Å²) in [5, 5.41) is 4.02. The molecule has 0 saturated heterocycles. The predicted molar refractivity (Wildman–Crippen MR) is 96.6 cm³/mol. The first kappa shape index (κ1) is 18.8. The third kappa shape index (κ3) is 3.17. The smallest absolute Gasteiger partial charge is 0.232 e. The number of benzene rings is 1. The molecule has 0 fully saturated rings. The van der Waals surface area contributed by atoms with Crippen molar-refractivity contribution in [2.75, 3.05) is 0 Å². The van der Waals surface area contributed by atoms with Gasteiger partial charge in [-0.2, -0.15) is 4.57 Å². The zero-order valence-electron chi connectivity index (χ0n) is 14.9. The van der Waals surface area contributed by atoms with Gasteiger partial charge in [0.25, 0.3) is 0 Å². The molecule has 1 aliphatic carbocycles. The molecular formula is C21H13BrN4O3. The Bertz CT molecular complexity index is 1220. The second kappa shape index (κ2) is 7.48. The summed E-state index contributed by atoms with van der Waals surface area (Å²) in [6.07, 6.45) is 8.69. The lowest BCUT2D eigenvalue weighted by Crippen LogP contribution is -3.00. The number of ketones is 2. The number of aromatic nitrogens is 4. The van der Waals surface area contributed by atoms with E-state index in [9.17, 15) is 9.59 Å². The summed E-state index contributed by atoms with van der Waals surface area (Å²) < 4.78 is 7.19. The fourth-order valence-electron chi connectivity index (χ4n) is 3.31. The number of nitrogens with zero attached hydrogens (tertiary/aromatic N) is 4. The molecule has 1 aromatic carbocycles. The van der Waals surface area contributed by atoms with Crippen LogP contribution in [-0.4, -0.2) is 26.7 Å². The van der Waals surface area contributed by atoms with Gasteiger partial charge < -0.3 is 21.5 Å². The quantitative estimate of drug-likeness (QED) is 0.337. The number of pyridine rings is 1. The van der Waals surface area contributed by atoms with Crippen molar-refractivity contribution >= 4 is 11.6 Å². The predicted octanol–water partition coefficient (Wildman–Crippen LogP) is -0.753. The van der Waals surface area contributed by atoms with Gasteiger partial charge in [0.05, 0.1) is 6.20 Å². The second-order valence-corrected chi connectivity index (χ2v) is 6.40. The summed E-state index contributed by atoms with van der Waals surface area (Å²) in [5.41, 5.74) is 2.83. The number of hydrogen-bond acceptors (Lipinski definition) is 6. The van der Waals surface area contributed by atoms with E-state index in [1.54, 1.807) is 42.9 Å². The van der Waals surface area contributed by atoms with Crippen molar-refractivity contribution in [3.05, 3.63) is 95.5 Å². The van der Waals surface area contributed by atoms with Crippen LogP contribution in [0.3, 0.4) is 0 Å². The molecule has 0 radical (unpaired) electrons. The molecule has 0 saturated carbocycles. The van der Waals surface area contributed by atoms with Crippen LogP contribution >= 0.6 is 0 Å². The third-order valence-corrected chi connectivity index (χ3v) is 4.67. The molecule has 142 valence electrons. The molecule has 7 nitrogen and oxygen atoms in total. The number of hydrogen-bond donors (Lipinski definition) is 0. The van der Waals surface area contributed by atoms with E-state index in [0.717, 1.165) is 5.69 Å². The number of fused-ring (bicyclic) bond motifs is 2. The van der Waals surface area contributed by atoms with Crippen molar-refractivity contribution in [3.8, 4) is 11.3 Å². The van der Waals surface area contributed by atoms with E-state index in [2.05, 4.69) is 15.1 Å². The normalized spacial score (nSPS) is 12.1. The number of carbonyl (C=O) groups excluding carboxylic acids is 2. The zero-order chi connectivity index (χ0) is 19.1. The lowest BCUT2D eigenvalue weighted by Gasteiger charge is -2.12. The van der Waals surface area contributed by atoms with Crippen molar-refractivity contribution < 1.29 is 35.7 Å². The minimum Gasteiger partial charge on any atom is -1.00 e. The van der Waals surface area contributed by atoms with Crippen LogP contribution in [0.25, 0.3) is 11.3 Å². The van der Waals surface area contributed by atoms with Gasteiger partial charge in [-0.05, 0) is 0 Å². The SMILES string of the molecule is O=C1c2ccccc2C(=O)c2c(-c3cc[n+](Cc4cnccn4)cc3)noc21.[Br-]. The fourth-order valence-corrected chi connectivity index (χ4v) is 3.31. The maximum atomic E-state index is 12.9. The molecular weight excluding hydrogens is 436 g/mol. The summed E-state index contributed by atoms with van der Waals surface area (Å²) in [4.78, 5) is 33.9. The molecule has 0 atom stereocenters. The Kier molecular flexibility index (Phi) is 4.85. The van der Waals surface area contributed by atoms with Crippen molar-refractivity contribution in [2.24, 2.45) is 0 Å². The summed E-state index contributed by atoms with van der Waals surface area (Å²) in [6.45, 7) is 0.565. The number of halogens is 1. The number of carbonyl (C=O) groups is 2. The summed E-state index contributed by atoms with van der Waals surface area (Å²) in [6, 6.07) is 10.4.